The van der Waals surface area contributed by atoms with Gasteiger partial charge in [-0.15, -0.1) is 5.06 Å². The summed E-state index contributed by atoms with van der Waals surface area (Å²) in [5.41, 5.74) is 0.311. The molecule has 0 radical (unpaired) electrons. The number of hydrazine groups is 1. The number of amides is 4. The number of hydrogen-bond donors (Lipinski definition) is 1. The Morgan fingerprint density at radius 3 is 1.93 bits per heavy atom. The predicted octanol–water partition coefficient (Wildman–Crippen LogP) is 1.89. The van der Waals surface area contributed by atoms with Crippen LogP contribution in [0.4, 0.5) is 4.79 Å². The van der Waals surface area contributed by atoms with Gasteiger partial charge in [-0.05, 0) is 46.8 Å². The van der Waals surface area contributed by atoms with E-state index in [2.05, 4.69) is 5.43 Å². The topological polar surface area (TPSA) is 105 Å². The predicted molar refractivity (Wildman–Crippen MR) is 94.2 cm³/mol. The third-order valence-corrected chi connectivity index (χ3v) is 3.55. The monoisotopic (exact) mass is 377 g/mol. The molecule has 0 atom stereocenters. The van der Waals surface area contributed by atoms with Gasteiger partial charge in [0.2, 0.25) is 0 Å². The average molecular weight is 377 g/mol. The molecular weight excluding hydrogens is 354 g/mol. The van der Waals surface area contributed by atoms with E-state index in [0.29, 0.717) is 5.06 Å². The molecule has 9 nitrogen and oxygen atoms in total. The lowest BCUT2D eigenvalue weighted by Gasteiger charge is -2.31. The van der Waals surface area contributed by atoms with Gasteiger partial charge in [0.1, 0.15) is 5.60 Å². The first kappa shape index (κ1) is 20.4. The van der Waals surface area contributed by atoms with Crippen LogP contribution >= 0.6 is 0 Å². The summed E-state index contributed by atoms with van der Waals surface area (Å²) in [4.78, 5) is 54.6. The molecule has 0 saturated heterocycles. The maximum Gasteiger partial charge on any atom is 0.426 e. The molecule has 1 aliphatic rings. The van der Waals surface area contributed by atoms with Crippen LogP contribution < -0.4 is 5.43 Å². The summed E-state index contributed by atoms with van der Waals surface area (Å²) in [6, 6.07) is 6.26. The summed E-state index contributed by atoms with van der Waals surface area (Å²) in [5, 5.41) is 1.44. The second-order valence-electron chi connectivity index (χ2n) is 7.53. The van der Waals surface area contributed by atoms with Gasteiger partial charge in [-0.2, -0.15) is 0 Å². The van der Waals surface area contributed by atoms with Crippen molar-refractivity contribution in [3.05, 3.63) is 35.4 Å². The highest BCUT2D eigenvalue weighted by molar-refractivity contribution is 6.20. The fraction of sp³-hybridized carbons (Fsp3) is 0.444. The first-order valence-corrected chi connectivity index (χ1v) is 8.28. The molecule has 1 aromatic carbocycles. The van der Waals surface area contributed by atoms with Crippen LogP contribution in [-0.4, -0.2) is 52.1 Å². The number of fused-ring (bicyclic) bond motifs is 1. The zero-order valence-electron chi connectivity index (χ0n) is 16.2. The standard InChI is InChI=1S/C18H23N3O6/c1-17(2,3)26-16(25)19-20(6)15(24)18(4,5)27-21-13(22)11-9-7-8-10-12(11)14(21)23/h7-10H,1-6H3,(H,19,25). The molecule has 1 aromatic rings. The van der Waals surface area contributed by atoms with Crippen LogP contribution in [0.2, 0.25) is 0 Å². The largest absolute Gasteiger partial charge is 0.443 e. The zero-order chi connectivity index (χ0) is 20.6. The molecule has 1 heterocycles. The molecule has 0 aliphatic carbocycles. The first-order chi connectivity index (χ1) is 12.3. The Hall–Kier alpha value is -2.94. The summed E-state index contributed by atoms with van der Waals surface area (Å²) in [6.45, 7) is 7.81. The number of nitrogens with zero attached hydrogens (tertiary/aromatic N) is 2. The third kappa shape index (κ3) is 4.43. The van der Waals surface area contributed by atoms with Crippen molar-refractivity contribution in [2.24, 2.45) is 0 Å². The van der Waals surface area contributed by atoms with Crippen LogP contribution in [0.25, 0.3) is 0 Å². The van der Waals surface area contributed by atoms with Gasteiger partial charge in [0.15, 0.2) is 5.60 Å². The maximum absolute atomic E-state index is 12.6. The summed E-state index contributed by atoms with van der Waals surface area (Å²) in [6.07, 6.45) is -0.824. The van der Waals surface area contributed by atoms with Crippen molar-refractivity contribution < 1.29 is 28.8 Å². The number of hydrogen-bond acceptors (Lipinski definition) is 6. The molecule has 4 amide bonds. The number of carbonyl (C=O) groups excluding carboxylic acids is 4. The first-order valence-electron chi connectivity index (χ1n) is 8.28. The number of imide groups is 1. The Labute approximate surface area is 157 Å². The number of ether oxygens (including phenoxy) is 1. The SMILES string of the molecule is CN(NC(=O)OC(C)(C)C)C(=O)C(C)(C)ON1C(=O)c2ccccc2C1=O. The van der Waals surface area contributed by atoms with Gasteiger partial charge >= 0.3 is 6.09 Å². The van der Waals surface area contributed by atoms with Gasteiger partial charge in [0.25, 0.3) is 17.7 Å². The quantitative estimate of drug-likeness (QED) is 0.637. The lowest BCUT2D eigenvalue weighted by atomic mass is 10.1. The van der Waals surface area contributed by atoms with E-state index in [1.54, 1.807) is 32.9 Å². The van der Waals surface area contributed by atoms with Crippen molar-refractivity contribution in [3.63, 3.8) is 0 Å². The smallest absolute Gasteiger partial charge is 0.426 e. The molecule has 0 unspecified atom stereocenters. The van der Waals surface area contributed by atoms with Crippen LogP contribution in [0.1, 0.15) is 55.3 Å². The molecule has 1 aliphatic heterocycles. The van der Waals surface area contributed by atoms with Crippen molar-refractivity contribution >= 4 is 23.8 Å². The number of nitrogens with one attached hydrogen (secondary N) is 1. The van der Waals surface area contributed by atoms with Gasteiger partial charge in [-0.1, -0.05) is 12.1 Å². The molecule has 2 rings (SSSR count). The Bertz CT molecular complexity index is 762. The van der Waals surface area contributed by atoms with E-state index in [4.69, 9.17) is 9.57 Å². The van der Waals surface area contributed by atoms with E-state index in [-0.39, 0.29) is 11.1 Å². The van der Waals surface area contributed by atoms with Crippen molar-refractivity contribution in [1.29, 1.82) is 0 Å². The zero-order valence-corrected chi connectivity index (χ0v) is 16.2. The van der Waals surface area contributed by atoms with Gasteiger partial charge in [0, 0.05) is 7.05 Å². The number of hydroxylamine groups is 2. The van der Waals surface area contributed by atoms with Crippen LogP contribution in [-0.2, 0) is 14.4 Å². The molecule has 0 aromatic heterocycles. The van der Waals surface area contributed by atoms with Gasteiger partial charge in [0.05, 0.1) is 11.1 Å². The minimum absolute atomic E-state index is 0.200. The number of carbonyl (C=O) groups is 4. The Balaban J connectivity index is 2.08. The Morgan fingerprint density at radius 1 is 1.00 bits per heavy atom. The van der Waals surface area contributed by atoms with Crippen molar-refractivity contribution in [2.45, 2.75) is 45.8 Å². The summed E-state index contributed by atoms with van der Waals surface area (Å²) >= 11 is 0. The van der Waals surface area contributed by atoms with Crippen LogP contribution in [0.3, 0.4) is 0 Å². The Kier molecular flexibility index (Phi) is 5.28. The second-order valence-corrected chi connectivity index (χ2v) is 7.53. The van der Waals surface area contributed by atoms with Crippen molar-refractivity contribution in [3.8, 4) is 0 Å². The minimum atomic E-state index is -1.61. The third-order valence-electron chi connectivity index (χ3n) is 3.55. The molecular formula is C18H23N3O6. The van der Waals surface area contributed by atoms with E-state index in [1.165, 1.54) is 33.0 Å². The van der Waals surface area contributed by atoms with Crippen molar-refractivity contribution in [1.82, 2.24) is 15.5 Å². The molecule has 1 N–H and O–H groups in total. The van der Waals surface area contributed by atoms with Crippen molar-refractivity contribution in [2.75, 3.05) is 7.05 Å². The molecule has 0 saturated carbocycles. The fourth-order valence-electron chi connectivity index (χ4n) is 2.41. The molecule has 9 heteroatoms. The maximum atomic E-state index is 12.6. The highest BCUT2D eigenvalue weighted by atomic mass is 16.7. The van der Waals surface area contributed by atoms with E-state index < -0.39 is 35.0 Å². The lowest BCUT2D eigenvalue weighted by Crippen LogP contribution is -2.55. The number of benzene rings is 1. The van der Waals surface area contributed by atoms with E-state index in [1.807, 2.05) is 0 Å². The molecule has 0 bridgehead atoms. The number of rotatable bonds is 3. The molecule has 146 valence electrons. The van der Waals surface area contributed by atoms with Gasteiger partial charge in [-0.3, -0.25) is 19.4 Å². The van der Waals surface area contributed by atoms with Gasteiger partial charge < -0.3 is 4.74 Å². The van der Waals surface area contributed by atoms with E-state index in [0.717, 1.165) is 5.01 Å². The minimum Gasteiger partial charge on any atom is -0.443 e. The second kappa shape index (κ2) is 6.99. The molecule has 0 fully saturated rings. The normalized spacial score (nSPS) is 14.1. The summed E-state index contributed by atoms with van der Waals surface area (Å²) in [7, 11) is 1.31. The van der Waals surface area contributed by atoms with Crippen LogP contribution in [0.15, 0.2) is 24.3 Å². The lowest BCUT2D eigenvalue weighted by molar-refractivity contribution is -0.194. The van der Waals surface area contributed by atoms with Gasteiger partial charge in [-0.25, -0.2) is 15.1 Å². The van der Waals surface area contributed by atoms with E-state index in [9.17, 15) is 19.2 Å². The summed E-state index contributed by atoms with van der Waals surface area (Å²) < 4.78 is 5.08. The molecule has 0 spiro atoms. The fourth-order valence-corrected chi connectivity index (χ4v) is 2.41. The van der Waals surface area contributed by atoms with Crippen LogP contribution in [0, 0.1) is 0 Å². The average Bonchev–Trinajstić information content (AvgIpc) is 2.77. The molecule has 27 heavy (non-hydrogen) atoms. The number of likely N-dealkylation sites (N-methyl/N-ethyl adjacent to an activating group) is 1. The van der Waals surface area contributed by atoms with Crippen LogP contribution in [0.5, 0.6) is 0 Å². The van der Waals surface area contributed by atoms with E-state index >= 15 is 0 Å². The summed E-state index contributed by atoms with van der Waals surface area (Å²) in [5.74, 6) is -2.00. The Morgan fingerprint density at radius 2 is 1.48 bits per heavy atom. The highest BCUT2D eigenvalue weighted by Gasteiger charge is 2.43. The highest BCUT2D eigenvalue weighted by Crippen LogP contribution is 2.26.